The number of piperazine rings is 1. The van der Waals surface area contributed by atoms with Crippen molar-refractivity contribution in [2.45, 2.75) is 18.8 Å². The van der Waals surface area contributed by atoms with Crippen LogP contribution in [0.25, 0.3) is 5.52 Å². The van der Waals surface area contributed by atoms with Crippen LogP contribution in [0.3, 0.4) is 0 Å². The number of aromatic nitrogens is 2. The van der Waals surface area contributed by atoms with Gasteiger partial charge in [-0.2, -0.15) is 22.6 Å². The number of fused-ring (bicyclic) bond motifs is 1. The molecule has 2 amide bonds. The van der Waals surface area contributed by atoms with Crippen molar-refractivity contribution in [1.29, 1.82) is 0 Å². The van der Waals surface area contributed by atoms with Crippen molar-refractivity contribution >= 4 is 27.4 Å². The molecule has 1 fully saturated rings. The molecule has 3 heterocycles. The topological polar surface area (TPSA) is 146 Å². The van der Waals surface area contributed by atoms with E-state index in [9.17, 15) is 31.2 Å². The van der Waals surface area contributed by atoms with Crippen molar-refractivity contribution in [1.82, 2.24) is 29.6 Å². The van der Waals surface area contributed by atoms with Crippen molar-refractivity contribution < 1.29 is 41.1 Å². The van der Waals surface area contributed by atoms with E-state index in [1.165, 1.54) is 40.8 Å². The Hall–Kier alpha value is -3.73. The van der Waals surface area contributed by atoms with Gasteiger partial charge in [-0.25, -0.2) is 18.4 Å². The van der Waals surface area contributed by atoms with E-state index in [0.29, 0.717) is 0 Å². The number of nitrogens with zero attached hydrogens (tertiary/aromatic N) is 4. The molecule has 216 valence electrons. The maximum atomic E-state index is 13.5. The first-order valence-electron chi connectivity index (χ1n) is 12.1. The van der Waals surface area contributed by atoms with Gasteiger partial charge < -0.3 is 10.1 Å². The molecule has 2 aromatic heterocycles. The Morgan fingerprint density at radius 3 is 2.38 bits per heavy atom. The van der Waals surface area contributed by atoms with Crippen molar-refractivity contribution in [2.24, 2.45) is 0 Å². The molecule has 1 aliphatic rings. The highest BCUT2D eigenvalue weighted by Gasteiger charge is 2.38. The Balaban J connectivity index is 1.37. The van der Waals surface area contributed by atoms with Crippen LogP contribution in [0.2, 0.25) is 0 Å². The van der Waals surface area contributed by atoms with Gasteiger partial charge in [0.25, 0.3) is 11.8 Å². The van der Waals surface area contributed by atoms with E-state index in [1.54, 1.807) is 22.5 Å². The zero-order valence-electron chi connectivity index (χ0n) is 21.3. The number of pyridine rings is 1. The number of hydroxylamine groups is 1. The highest BCUT2D eigenvalue weighted by Crippen LogP contribution is 2.33. The number of hydrogen-bond acceptors (Lipinski definition) is 8. The second kappa shape index (κ2) is 11.8. The minimum Gasteiger partial charge on any atom is -0.489 e. The summed E-state index contributed by atoms with van der Waals surface area (Å²) in [5.41, 5.74) is 0.849. The summed E-state index contributed by atoms with van der Waals surface area (Å²) < 4.78 is 71.9. The van der Waals surface area contributed by atoms with Crippen LogP contribution in [-0.4, -0.2) is 89.3 Å². The summed E-state index contributed by atoms with van der Waals surface area (Å²) in [7, 11) is -3.38. The molecule has 0 aliphatic carbocycles. The number of hydrogen-bond donors (Lipinski definition) is 3. The van der Waals surface area contributed by atoms with Gasteiger partial charge in [0.2, 0.25) is 10.0 Å². The fraction of sp³-hybridized carbons (Fsp3) is 0.375. The number of halogens is 3. The minimum atomic E-state index is -4.67. The van der Waals surface area contributed by atoms with Crippen molar-refractivity contribution in [2.75, 3.05) is 39.0 Å². The van der Waals surface area contributed by atoms with E-state index in [0.717, 1.165) is 10.8 Å². The first-order chi connectivity index (χ1) is 18.9. The normalized spacial score (nSPS) is 16.0. The quantitative estimate of drug-likeness (QED) is 0.251. The average Bonchev–Trinajstić information content (AvgIpc) is 3.31. The highest BCUT2D eigenvalue weighted by molar-refractivity contribution is 7.88. The Bertz CT molecular complexity index is 1470. The lowest BCUT2D eigenvalue weighted by Gasteiger charge is -2.37. The third-order valence-electron chi connectivity index (χ3n) is 6.46. The fourth-order valence-electron chi connectivity index (χ4n) is 4.38. The molecule has 0 saturated carbocycles. The van der Waals surface area contributed by atoms with Gasteiger partial charge in [-0.15, -0.1) is 0 Å². The zero-order valence-corrected chi connectivity index (χ0v) is 22.1. The SMILES string of the molecule is CS(=O)(=O)N1CCN([C@@H](CNC(=O)c2ccc(OCc3c(C(F)(F)F)nn4ccccc34)cc2)C(=O)NO)CC1. The highest BCUT2D eigenvalue weighted by atomic mass is 32.2. The minimum absolute atomic E-state index is 0.125. The number of carbonyl (C=O) groups is 2. The predicted molar refractivity (Wildman–Crippen MR) is 135 cm³/mol. The standard InChI is InChI=1S/C24H27F3N6O6S/c1-40(37,38)32-12-10-31(11-13-32)20(23(35)30-36)14-28-22(34)16-5-7-17(8-6-16)39-15-18-19-4-2-3-9-33(19)29-21(18)24(25,26)27/h2-9,20,36H,10-15H2,1H3,(H,28,34)(H,30,35)/t20-/m0/s1. The molecule has 1 atom stereocenters. The van der Waals surface area contributed by atoms with Crippen molar-refractivity contribution in [3.8, 4) is 5.75 Å². The van der Waals surface area contributed by atoms with Crippen LogP contribution in [0.1, 0.15) is 21.6 Å². The maximum absolute atomic E-state index is 13.5. The largest absolute Gasteiger partial charge is 0.489 e. The van der Waals surface area contributed by atoms with Gasteiger partial charge in [-0.05, 0) is 36.4 Å². The summed E-state index contributed by atoms with van der Waals surface area (Å²) in [6.45, 7) is 0.174. The number of carbonyl (C=O) groups excluding carboxylic acids is 2. The molecular formula is C24H27F3N6O6S. The summed E-state index contributed by atoms with van der Waals surface area (Å²) >= 11 is 0. The van der Waals surface area contributed by atoms with Crippen LogP contribution in [0.15, 0.2) is 48.7 Å². The van der Waals surface area contributed by atoms with Crippen LogP contribution < -0.4 is 15.5 Å². The predicted octanol–water partition coefficient (Wildman–Crippen LogP) is 1.11. The van der Waals surface area contributed by atoms with Gasteiger partial charge in [0.15, 0.2) is 5.69 Å². The molecule has 0 radical (unpaired) electrons. The van der Waals surface area contributed by atoms with Crippen LogP contribution >= 0.6 is 0 Å². The lowest BCUT2D eigenvalue weighted by atomic mass is 10.1. The van der Waals surface area contributed by atoms with E-state index in [4.69, 9.17) is 9.94 Å². The van der Waals surface area contributed by atoms with E-state index in [-0.39, 0.29) is 55.1 Å². The number of nitrogens with one attached hydrogen (secondary N) is 2. The fourth-order valence-corrected chi connectivity index (χ4v) is 5.21. The van der Waals surface area contributed by atoms with Gasteiger partial charge >= 0.3 is 6.18 Å². The Kier molecular flexibility index (Phi) is 8.62. The van der Waals surface area contributed by atoms with Gasteiger partial charge in [0, 0.05) is 50.0 Å². The van der Waals surface area contributed by atoms with Gasteiger partial charge in [-0.3, -0.25) is 19.7 Å². The molecule has 1 saturated heterocycles. The first kappa shape index (κ1) is 29.3. The third kappa shape index (κ3) is 6.70. The van der Waals surface area contributed by atoms with Crippen LogP contribution in [0.4, 0.5) is 13.2 Å². The first-order valence-corrected chi connectivity index (χ1v) is 13.9. The number of ether oxygens (including phenoxy) is 1. The third-order valence-corrected chi connectivity index (χ3v) is 7.77. The summed E-state index contributed by atoms with van der Waals surface area (Å²) in [6.07, 6.45) is -2.17. The number of rotatable bonds is 9. The van der Waals surface area contributed by atoms with Crippen molar-refractivity contribution in [3.63, 3.8) is 0 Å². The second-order valence-corrected chi connectivity index (χ2v) is 11.1. The molecular weight excluding hydrogens is 557 g/mol. The van der Waals surface area contributed by atoms with Gasteiger partial charge in [0.1, 0.15) is 18.4 Å². The van der Waals surface area contributed by atoms with Crippen molar-refractivity contribution in [3.05, 3.63) is 65.5 Å². The smallest absolute Gasteiger partial charge is 0.435 e. The molecule has 0 spiro atoms. The Morgan fingerprint density at radius 1 is 1.10 bits per heavy atom. The molecule has 0 bridgehead atoms. The summed E-state index contributed by atoms with van der Waals surface area (Å²) in [5, 5.41) is 15.4. The average molecular weight is 585 g/mol. The molecule has 16 heteroatoms. The molecule has 40 heavy (non-hydrogen) atoms. The summed E-state index contributed by atoms with van der Waals surface area (Å²) in [5.74, 6) is -1.08. The number of sulfonamides is 1. The van der Waals surface area contributed by atoms with E-state index >= 15 is 0 Å². The van der Waals surface area contributed by atoms with E-state index < -0.39 is 46.4 Å². The number of benzene rings is 1. The van der Waals surface area contributed by atoms with Gasteiger partial charge in [0.05, 0.1) is 11.8 Å². The molecule has 0 unspecified atom stereocenters. The second-order valence-electron chi connectivity index (χ2n) is 9.07. The maximum Gasteiger partial charge on any atom is 0.435 e. The van der Waals surface area contributed by atoms with E-state index in [2.05, 4.69) is 10.4 Å². The van der Waals surface area contributed by atoms with Gasteiger partial charge in [-0.1, -0.05) is 6.07 Å². The lowest BCUT2D eigenvalue weighted by molar-refractivity contribution is -0.142. The van der Waals surface area contributed by atoms with Crippen LogP contribution in [0.5, 0.6) is 5.75 Å². The zero-order chi connectivity index (χ0) is 29.1. The van der Waals surface area contributed by atoms with E-state index in [1.807, 2.05) is 0 Å². The summed E-state index contributed by atoms with van der Waals surface area (Å²) in [4.78, 5) is 26.6. The van der Waals surface area contributed by atoms with Crippen LogP contribution in [0, 0.1) is 0 Å². The number of amides is 2. The Morgan fingerprint density at radius 2 is 1.77 bits per heavy atom. The molecule has 3 aromatic rings. The summed E-state index contributed by atoms with van der Waals surface area (Å²) in [6, 6.07) is 9.39. The lowest BCUT2D eigenvalue weighted by Crippen LogP contribution is -2.58. The molecule has 3 N–H and O–H groups in total. The molecule has 4 rings (SSSR count). The molecule has 1 aliphatic heterocycles. The monoisotopic (exact) mass is 584 g/mol. The molecule has 1 aromatic carbocycles. The number of alkyl halides is 3. The van der Waals surface area contributed by atoms with Crippen LogP contribution in [-0.2, 0) is 27.6 Å². The Labute approximate surface area is 227 Å². The molecule has 12 nitrogen and oxygen atoms in total.